The summed E-state index contributed by atoms with van der Waals surface area (Å²) in [6.45, 7) is 2.30. The topological polar surface area (TPSA) is 119 Å². The number of hydrogen-bond acceptors (Lipinski definition) is 6. The lowest BCUT2D eigenvalue weighted by Gasteiger charge is -2.36. The Hall–Kier alpha value is -5.25. The average molecular weight is 646 g/mol. The van der Waals surface area contributed by atoms with Gasteiger partial charge in [-0.25, -0.2) is 0 Å². The van der Waals surface area contributed by atoms with Gasteiger partial charge in [0.1, 0.15) is 5.75 Å². The number of nitrogens with zero attached hydrogens (tertiary/aromatic N) is 2. The second-order valence-corrected chi connectivity index (χ2v) is 12.3. The van der Waals surface area contributed by atoms with Crippen molar-refractivity contribution in [2.45, 2.75) is 44.5 Å². The molecule has 0 fully saturated rings. The highest BCUT2D eigenvalue weighted by Gasteiger charge is 2.52. The van der Waals surface area contributed by atoms with E-state index < -0.39 is 17.4 Å². The van der Waals surface area contributed by atoms with E-state index in [1.165, 1.54) is 0 Å². The first-order valence-electron chi connectivity index (χ1n) is 16.0. The highest BCUT2D eigenvalue weighted by Crippen LogP contribution is 2.45. The minimum atomic E-state index is -1.82. The third-order valence-electron chi connectivity index (χ3n) is 9.34. The Morgan fingerprint density at radius 1 is 0.979 bits per heavy atom. The molecule has 0 radical (unpaired) electrons. The number of benzene rings is 4. The monoisotopic (exact) mass is 645 g/mol. The summed E-state index contributed by atoms with van der Waals surface area (Å²) in [6.07, 6.45) is 4.11. The van der Waals surface area contributed by atoms with Crippen molar-refractivity contribution in [3.05, 3.63) is 137 Å². The van der Waals surface area contributed by atoms with Gasteiger partial charge in [0.25, 0.3) is 11.8 Å². The van der Waals surface area contributed by atoms with E-state index in [4.69, 9.17) is 4.74 Å². The number of rotatable bonds is 10. The van der Waals surface area contributed by atoms with E-state index in [9.17, 15) is 24.6 Å². The van der Waals surface area contributed by atoms with Crippen molar-refractivity contribution in [3.63, 3.8) is 0 Å². The number of anilines is 2. The van der Waals surface area contributed by atoms with E-state index >= 15 is 0 Å². The van der Waals surface area contributed by atoms with Crippen molar-refractivity contribution >= 4 is 29.1 Å². The summed E-state index contributed by atoms with van der Waals surface area (Å²) in [7, 11) is 1.57. The summed E-state index contributed by atoms with van der Waals surface area (Å²) in [5.74, 6) is -0.787. The Morgan fingerprint density at radius 2 is 1.67 bits per heavy atom. The molecule has 3 amide bonds. The molecule has 9 nitrogen and oxygen atoms in total. The number of aliphatic hydroxyl groups excluding tert-OH is 1. The number of aliphatic hydroxyl groups is 2. The largest absolute Gasteiger partial charge is 0.497 e. The average Bonchev–Trinajstić information content (AvgIpc) is 3.34. The van der Waals surface area contributed by atoms with Crippen LogP contribution in [0.4, 0.5) is 11.4 Å². The van der Waals surface area contributed by atoms with Crippen LogP contribution in [0.1, 0.15) is 46.0 Å². The summed E-state index contributed by atoms with van der Waals surface area (Å²) < 4.78 is 5.15. The smallest absolute Gasteiger partial charge is 0.264 e. The van der Waals surface area contributed by atoms with Crippen LogP contribution in [0.3, 0.4) is 0 Å². The fourth-order valence-electron chi connectivity index (χ4n) is 6.55. The predicted molar refractivity (Wildman–Crippen MR) is 183 cm³/mol. The minimum absolute atomic E-state index is 0.0833. The van der Waals surface area contributed by atoms with Gasteiger partial charge < -0.3 is 30.1 Å². The maximum absolute atomic E-state index is 14.0. The van der Waals surface area contributed by atoms with Crippen LogP contribution in [-0.4, -0.2) is 52.6 Å². The second-order valence-electron chi connectivity index (χ2n) is 12.3. The van der Waals surface area contributed by atoms with Gasteiger partial charge in [0, 0.05) is 35.7 Å². The van der Waals surface area contributed by atoms with Gasteiger partial charge in [-0.1, -0.05) is 73.7 Å². The zero-order chi connectivity index (χ0) is 33.8. The molecule has 0 unspecified atom stereocenters. The molecule has 3 atom stereocenters. The number of fused-ring (bicyclic) bond motifs is 2. The molecule has 9 heteroatoms. The van der Waals surface area contributed by atoms with E-state index in [-0.39, 0.29) is 37.4 Å². The maximum Gasteiger partial charge on any atom is 0.264 e. The Kier molecular flexibility index (Phi) is 9.43. The van der Waals surface area contributed by atoms with Gasteiger partial charge in [-0.3, -0.25) is 14.4 Å². The zero-order valence-corrected chi connectivity index (χ0v) is 27.0. The van der Waals surface area contributed by atoms with Crippen LogP contribution < -0.4 is 15.0 Å². The summed E-state index contributed by atoms with van der Waals surface area (Å²) in [5, 5.41) is 24.8. The normalized spacial score (nSPS) is 19.2. The molecule has 246 valence electrons. The molecule has 0 spiro atoms. The van der Waals surface area contributed by atoms with Gasteiger partial charge in [-0.05, 0) is 65.6 Å². The molecular weight excluding hydrogens is 606 g/mol. The number of ether oxygens (including phenoxy) is 1. The molecule has 2 aliphatic rings. The van der Waals surface area contributed by atoms with Crippen molar-refractivity contribution < 1.29 is 29.3 Å². The number of hydrogen-bond donors (Lipinski definition) is 3. The zero-order valence-electron chi connectivity index (χ0n) is 27.0. The first-order valence-corrected chi connectivity index (χ1v) is 16.0. The van der Waals surface area contributed by atoms with Gasteiger partial charge in [-0.2, -0.15) is 0 Å². The molecule has 0 aliphatic carbocycles. The summed E-state index contributed by atoms with van der Waals surface area (Å²) >= 11 is 0. The summed E-state index contributed by atoms with van der Waals surface area (Å²) in [6, 6.07) is 28.9. The first-order chi connectivity index (χ1) is 23.2. The van der Waals surface area contributed by atoms with Gasteiger partial charge in [-0.15, -0.1) is 0 Å². The van der Waals surface area contributed by atoms with E-state index in [1.807, 2.05) is 48.5 Å². The van der Waals surface area contributed by atoms with E-state index in [2.05, 4.69) is 5.32 Å². The Morgan fingerprint density at radius 3 is 2.38 bits per heavy atom. The van der Waals surface area contributed by atoms with Crippen molar-refractivity contribution in [2.75, 3.05) is 23.9 Å². The number of para-hydroxylation sites is 1. The van der Waals surface area contributed by atoms with Gasteiger partial charge in [0.2, 0.25) is 5.91 Å². The molecule has 4 aromatic rings. The molecular formula is C39H39N3O6. The minimum Gasteiger partial charge on any atom is -0.497 e. The van der Waals surface area contributed by atoms with Crippen LogP contribution in [0, 0.1) is 5.92 Å². The molecule has 48 heavy (non-hydrogen) atoms. The highest BCUT2D eigenvalue weighted by molar-refractivity contribution is 6.07. The van der Waals surface area contributed by atoms with Gasteiger partial charge >= 0.3 is 0 Å². The Bertz CT molecular complexity index is 1840. The Balaban J connectivity index is 1.12. The maximum atomic E-state index is 14.0. The number of amides is 3. The number of nitrogens with one attached hydrogen (secondary N) is 1. The molecule has 0 bridgehead atoms. The molecule has 6 rings (SSSR count). The molecule has 2 heterocycles. The lowest BCUT2D eigenvalue weighted by molar-refractivity contribution is -0.139. The molecule has 2 aliphatic heterocycles. The van der Waals surface area contributed by atoms with Gasteiger partial charge in [0.05, 0.1) is 32.0 Å². The van der Waals surface area contributed by atoms with Crippen LogP contribution >= 0.6 is 0 Å². The molecule has 0 aromatic heterocycles. The predicted octanol–water partition coefficient (Wildman–Crippen LogP) is 5.21. The lowest BCUT2D eigenvalue weighted by Crippen LogP contribution is -2.46. The SMILES string of the molecule is COc1ccc(C(=O)Nc2ccc(CN3C(=O)[C@@](O)([C@@H](C)/C=C/CC(=O)N4Cc5ccccc5C[C@H]4CO)c4ccccc43)cc2)cc1. The van der Waals surface area contributed by atoms with Crippen molar-refractivity contribution in [3.8, 4) is 5.75 Å². The summed E-state index contributed by atoms with van der Waals surface area (Å²) in [4.78, 5) is 43.2. The highest BCUT2D eigenvalue weighted by atomic mass is 16.5. The fourth-order valence-corrected chi connectivity index (χ4v) is 6.55. The van der Waals surface area contributed by atoms with E-state index in [0.29, 0.717) is 41.2 Å². The third kappa shape index (κ3) is 6.34. The van der Waals surface area contributed by atoms with Crippen molar-refractivity contribution in [1.82, 2.24) is 4.90 Å². The van der Waals surface area contributed by atoms with Crippen LogP contribution in [0.2, 0.25) is 0 Å². The van der Waals surface area contributed by atoms with Crippen LogP contribution in [0.25, 0.3) is 0 Å². The number of methoxy groups -OCH3 is 1. The standard InChI is InChI=1S/C39H39N3O6/c1-26(8-7-13-36(44)41-24-30-10-4-3-9-29(30)22-32(41)25-43)39(47)34-11-5-6-12-35(34)42(38(39)46)23-27-14-18-31(19-15-27)40-37(45)28-16-20-33(48-2)21-17-28/h3-12,14-21,26,32,43,47H,13,22-25H2,1-2H3,(H,40,45)/b8-7+/t26-,32-,39+/m0/s1. The summed E-state index contributed by atoms with van der Waals surface area (Å²) in [5.41, 5.74) is 3.45. The molecule has 3 N–H and O–H groups in total. The van der Waals surface area contributed by atoms with Crippen LogP contribution in [0.15, 0.2) is 109 Å². The van der Waals surface area contributed by atoms with E-state index in [1.54, 1.807) is 84.5 Å². The quantitative estimate of drug-likeness (QED) is 0.204. The van der Waals surface area contributed by atoms with Crippen molar-refractivity contribution in [1.29, 1.82) is 0 Å². The molecule has 4 aromatic carbocycles. The van der Waals surface area contributed by atoms with E-state index in [0.717, 1.165) is 16.7 Å². The first kappa shape index (κ1) is 32.7. The number of carbonyl (C=O) groups is 3. The number of carbonyl (C=O) groups excluding carboxylic acids is 3. The molecule has 0 saturated carbocycles. The third-order valence-corrected chi connectivity index (χ3v) is 9.34. The van der Waals surface area contributed by atoms with Crippen LogP contribution in [0.5, 0.6) is 5.75 Å². The van der Waals surface area contributed by atoms with Crippen molar-refractivity contribution in [2.24, 2.45) is 5.92 Å². The van der Waals surface area contributed by atoms with Gasteiger partial charge in [0.15, 0.2) is 5.60 Å². The second kappa shape index (κ2) is 13.9. The van der Waals surface area contributed by atoms with Crippen LogP contribution in [-0.2, 0) is 34.7 Å². The fraction of sp³-hybridized carbons (Fsp3) is 0.256. The Labute approximate surface area is 280 Å². The molecule has 0 saturated heterocycles. The lowest BCUT2D eigenvalue weighted by atomic mass is 9.83.